The molecule has 40 heavy (non-hydrogen) atoms. The second kappa shape index (κ2) is 11.8. The van der Waals surface area contributed by atoms with Crippen molar-refractivity contribution in [2.24, 2.45) is 0 Å². The number of hydrogen-bond acceptors (Lipinski definition) is 7. The first-order chi connectivity index (χ1) is 18.1. The average Bonchev–Trinajstić information content (AvgIpc) is 2.76. The van der Waals surface area contributed by atoms with Crippen LogP contribution in [0.1, 0.15) is 66.4 Å². The van der Waals surface area contributed by atoms with E-state index in [0.29, 0.717) is 0 Å². The predicted molar refractivity (Wildman–Crippen MR) is 116 cm³/mol. The Morgan fingerprint density at radius 1 is 0.550 bits per heavy atom. The van der Waals surface area contributed by atoms with Gasteiger partial charge in [0.25, 0.3) is 0 Å². The Hall–Kier alpha value is -4.96. The van der Waals surface area contributed by atoms with E-state index in [1.54, 1.807) is 0 Å². The minimum Gasteiger partial charge on any atom is -0.478 e. The van der Waals surface area contributed by atoms with Crippen molar-refractivity contribution >= 4 is 35.8 Å². The number of esters is 2. The molecule has 0 aliphatic carbocycles. The Morgan fingerprint density at radius 3 is 1.00 bits per heavy atom. The van der Waals surface area contributed by atoms with Gasteiger partial charge in [0.05, 0.1) is 22.3 Å². The van der Waals surface area contributed by atoms with E-state index >= 15 is 0 Å². The van der Waals surface area contributed by atoms with Crippen LogP contribution in [0, 0.1) is 0 Å². The minimum absolute atomic E-state index is 0.0996. The molecular weight excluding hydrogens is 566 g/mol. The first-order valence-electron chi connectivity index (χ1n) is 10.1. The second-order valence-corrected chi connectivity index (χ2v) is 7.57. The number of aromatic carboxylic acids is 4. The molecule has 0 fully saturated rings. The van der Waals surface area contributed by atoms with Gasteiger partial charge in [0.1, 0.15) is 0 Å². The number of carbonyl (C=O) groups excluding carboxylic acids is 2. The van der Waals surface area contributed by atoms with Crippen LogP contribution < -0.4 is 0 Å². The van der Waals surface area contributed by atoms with Crippen LogP contribution in [0.15, 0.2) is 36.4 Å². The van der Waals surface area contributed by atoms with Crippen molar-refractivity contribution in [1.82, 2.24) is 0 Å². The normalized spacial score (nSPS) is 11.5. The fraction of sp³-hybridized carbons (Fsp3) is 0.217. The quantitative estimate of drug-likeness (QED) is 0.219. The molecule has 2 aromatic carbocycles. The zero-order chi connectivity index (χ0) is 31.4. The molecule has 0 aliphatic heterocycles. The van der Waals surface area contributed by atoms with Gasteiger partial charge in [0.2, 0.25) is 5.41 Å². The summed E-state index contributed by atoms with van der Waals surface area (Å²) in [5, 5.41) is 36.2. The summed E-state index contributed by atoms with van der Waals surface area (Å²) >= 11 is 0. The molecule has 2 rings (SSSR count). The van der Waals surface area contributed by atoms with Crippen LogP contribution in [0.5, 0.6) is 0 Å². The number of rotatable bonds is 6. The van der Waals surface area contributed by atoms with Gasteiger partial charge >= 0.3 is 48.2 Å². The van der Waals surface area contributed by atoms with Gasteiger partial charge in [0.15, 0.2) is 0 Å². The Balaban J connectivity index is 0.00000101. The molecule has 0 saturated heterocycles. The van der Waals surface area contributed by atoms with Gasteiger partial charge in [-0.3, -0.25) is 9.59 Å². The van der Waals surface area contributed by atoms with Gasteiger partial charge in [-0.15, -0.1) is 0 Å². The second-order valence-electron chi connectivity index (χ2n) is 7.57. The third kappa shape index (κ3) is 6.72. The van der Waals surface area contributed by atoms with Crippen LogP contribution in [-0.2, 0) is 19.7 Å². The smallest absolute Gasteiger partial charge is 0.411 e. The summed E-state index contributed by atoms with van der Waals surface area (Å²) in [6.07, 6.45) is -12.5. The van der Waals surface area contributed by atoms with Gasteiger partial charge in [-0.2, -0.15) is 26.3 Å². The lowest BCUT2D eigenvalue weighted by Gasteiger charge is -2.38. The maximum atomic E-state index is 14.2. The summed E-state index contributed by atoms with van der Waals surface area (Å²) in [6, 6.07) is 0.412. The highest BCUT2D eigenvalue weighted by Crippen LogP contribution is 2.56. The summed E-state index contributed by atoms with van der Waals surface area (Å²) in [5.41, 5.74) is -13.6. The van der Waals surface area contributed by atoms with Crippen LogP contribution in [0.3, 0.4) is 0 Å². The number of alkyl halides is 6. The number of benzene rings is 2. The first-order valence-corrected chi connectivity index (χ1v) is 10.1. The molecule has 0 atom stereocenters. The molecule has 17 heteroatoms. The van der Waals surface area contributed by atoms with E-state index in [1.165, 1.54) is 13.8 Å². The minimum atomic E-state index is -6.27. The lowest BCUT2D eigenvalue weighted by molar-refractivity contribution is -0.288. The molecule has 11 nitrogen and oxygen atoms in total. The van der Waals surface area contributed by atoms with Crippen LogP contribution in [0.25, 0.3) is 0 Å². The van der Waals surface area contributed by atoms with E-state index in [-0.39, 0.29) is 36.4 Å². The number of carbonyl (C=O) groups is 6. The summed E-state index contributed by atoms with van der Waals surface area (Å²) in [7, 11) is 0. The molecule has 0 aromatic heterocycles. The lowest BCUT2D eigenvalue weighted by atomic mass is 9.71. The zero-order valence-corrected chi connectivity index (χ0v) is 19.9. The van der Waals surface area contributed by atoms with Crippen molar-refractivity contribution in [1.29, 1.82) is 0 Å². The molecule has 0 heterocycles. The van der Waals surface area contributed by atoms with Crippen LogP contribution in [0.2, 0.25) is 0 Å². The summed E-state index contributed by atoms with van der Waals surface area (Å²) in [6.45, 7) is 2.36. The molecular formula is C23H16F6O11. The van der Waals surface area contributed by atoms with Gasteiger partial charge < -0.3 is 25.2 Å². The van der Waals surface area contributed by atoms with Crippen LogP contribution >= 0.6 is 0 Å². The summed E-state index contributed by atoms with van der Waals surface area (Å²) in [4.78, 5) is 64.6. The zero-order valence-electron chi connectivity index (χ0n) is 19.9. The van der Waals surface area contributed by atoms with Crippen molar-refractivity contribution in [2.45, 2.75) is 31.6 Å². The topological polar surface area (TPSA) is 193 Å². The summed E-state index contributed by atoms with van der Waals surface area (Å²) in [5.74, 6) is -9.29. The standard InChI is InChI=1S/C19H10F6O8.C4H6O3/c20-18(21,22)17(19(23,24)25,7-1-3-9(13(26)27)11(5-7)15(30)31)8-2-4-10(14(28)29)12(6-8)16(32)33;1-3(5)7-4(2)6/h1-6H,(H,26,27)(H,28,29)(H,30,31)(H,32,33);1-2H3. The molecule has 0 aliphatic rings. The highest BCUT2D eigenvalue weighted by atomic mass is 19.4. The monoisotopic (exact) mass is 582 g/mol. The average molecular weight is 582 g/mol. The van der Waals surface area contributed by atoms with Crippen molar-refractivity contribution in [2.75, 3.05) is 0 Å². The Labute approximate surface area is 218 Å². The van der Waals surface area contributed by atoms with Gasteiger partial charge in [-0.05, 0) is 35.4 Å². The first kappa shape index (κ1) is 33.1. The molecule has 0 radical (unpaired) electrons. The lowest BCUT2D eigenvalue weighted by Crippen LogP contribution is -2.55. The molecule has 0 spiro atoms. The maximum absolute atomic E-state index is 14.2. The van der Waals surface area contributed by atoms with E-state index in [9.17, 15) is 55.1 Å². The molecule has 216 valence electrons. The molecule has 2 aromatic rings. The van der Waals surface area contributed by atoms with E-state index in [1.807, 2.05) is 0 Å². The molecule has 0 amide bonds. The largest absolute Gasteiger partial charge is 0.478 e. The number of halogens is 6. The predicted octanol–water partition coefficient (Wildman–Crippen LogP) is 3.99. The van der Waals surface area contributed by atoms with Crippen molar-refractivity contribution < 1.29 is 80.3 Å². The fourth-order valence-corrected chi connectivity index (χ4v) is 3.47. The molecule has 0 unspecified atom stereocenters. The van der Waals surface area contributed by atoms with E-state index in [2.05, 4.69) is 4.74 Å². The van der Waals surface area contributed by atoms with E-state index < -0.39 is 87.0 Å². The SMILES string of the molecule is CC(=O)OC(C)=O.O=C(O)c1ccc(C(c2ccc(C(=O)O)c(C(=O)O)c2)(C(F)(F)F)C(F)(F)F)cc1C(=O)O. The van der Waals surface area contributed by atoms with Crippen LogP contribution in [0.4, 0.5) is 26.3 Å². The highest BCUT2D eigenvalue weighted by Gasteiger charge is 2.72. The fourth-order valence-electron chi connectivity index (χ4n) is 3.47. The molecule has 4 N–H and O–H groups in total. The number of carboxylic acid groups (broad SMARTS) is 4. The van der Waals surface area contributed by atoms with Crippen molar-refractivity contribution in [3.63, 3.8) is 0 Å². The third-order valence-electron chi connectivity index (χ3n) is 4.96. The Kier molecular flexibility index (Phi) is 9.78. The van der Waals surface area contributed by atoms with Crippen LogP contribution in [-0.4, -0.2) is 68.6 Å². The number of hydrogen-bond donors (Lipinski definition) is 4. The molecule has 0 saturated carbocycles. The van der Waals surface area contributed by atoms with Crippen molar-refractivity contribution in [3.8, 4) is 0 Å². The number of carboxylic acids is 4. The number of ether oxygens (including phenoxy) is 1. The van der Waals surface area contributed by atoms with Crippen molar-refractivity contribution in [3.05, 3.63) is 69.8 Å². The third-order valence-corrected chi connectivity index (χ3v) is 4.96. The molecule has 0 bridgehead atoms. The van der Waals surface area contributed by atoms with E-state index in [4.69, 9.17) is 20.4 Å². The summed E-state index contributed by atoms with van der Waals surface area (Å²) < 4.78 is 89.0. The van der Waals surface area contributed by atoms with E-state index in [0.717, 1.165) is 0 Å². The van der Waals surface area contributed by atoms with Gasteiger partial charge in [-0.25, -0.2) is 19.2 Å². The van der Waals surface area contributed by atoms with Gasteiger partial charge in [0, 0.05) is 13.8 Å². The maximum Gasteiger partial charge on any atom is 0.411 e. The highest BCUT2D eigenvalue weighted by molar-refractivity contribution is 6.03. The Morgan fingerprint density at radius 2 is 0.825 bits per heavy atom. The Bertz CT molecular complexity index is 1270. The van der Waals surface area contributed by atoms with Gasteiger partial charge in [-0.1, -0.05) is 12.1 Å².